The van der Waals surface area contributed by atoms with Crippen molar-refractivity contribution >= 4 is 25.2 Å². The number of rotatable bonds is 4. The Bertz CT molecular complexity index is 1740. The van der Waals surface area contributed by atoms with Crippen molar-refractivity contribution in [1.29, 1.82) is 0 Å². The number of nitrogens with zero attached hydrogens (tertiary/aromatic N) is 1. The molecule has 49 heavy (non-hydrogen) atoms. The molecular formula is C38H50B2F3NO5. The molecule has 0 aliphatic carbocycles. The molecule has 0 spiro atoms. The topological polar surface area (TPSA) is 70.0 Å². The van der Waals surface area contributed by atoms with Gasteiger partial charge in [-0.2, -0.15) is 13.2 Å². The lowest BCUT2D eigenvalue weighted by Crippen LogP contribution is -2.41. The first kappa shape index (κ1) is 37.4. The van der Waals surface area contributed by atoms with Crippen LogP contribution in [-0.2, 0) is 35.6 Å². The van der Waals surface area contributed by atoms with Crippen molar-refractivity contribution in [3.8, 4) is 28.3 Å². The van der Waals surface area contributed by atoms with Crippen molar-refractivity contribution in [2.75, 3.05) is 0 Å². The van der Waals surface area contributed by atoms with Crippen LogP contribution in [0.25, 0.3) is 22.5 Å². The Morgan fingerprint density at radius 1 is 0.571 bits per heavy atom. The number of hydrogen-bond acceptors (Lipinski definition) is 6. The van der Waals surface area contributed by atoms with Gasteiger partial charge in [-0.25, -0.2) is 4.98 Å². The molecule has 2 fully saturated rings. The summed E-state index contributed by atoms with van der Waals surface area (Å²) in [5, 5.41) is 11.8. The van der Waals surface area contributed by atoms with Crippen LogP contribution >= 0.6 is 0 Å². The predicted octanol–water partition coefficient (Wildman–Crippen LogP) is 8.33. The van der Waals surface area contributed by atoms with E-state index in [1.165, 1.54) is 0 Å². The van der Waals surface area contributed by atoms with Crippen LogP contribution < -0.4 is 10.9 Å². The number of pyridine rings is 1. The van der Waals surface area contributed by atoms with Gasteiger partial charge in [-0.15, -0.1) is 0 Å². The average Bonchev–Trinajstić information content (AvgIpc) is 3.30. The van der Waals surface area contributed by atoms with Crippen molar-refractivity contribution < 1.29 is 36.9 Å². The summed E-state index contributed by atoms with van der Waals surface area (Å²) in [7, 11) is -1.87. The maximum absolute atomic E-state index is 14.5. The minimum absolute atomic E-state index is 0.0620. The summed E-state index contributed by atoms with van der Waals surface area (Å²) in [6.07, 6.45) is -4.65. The van der Waals surface area contributed by atoms with E-state index < -0.39 is 53.8 Å². The molecule has 2 aliphatic heterocycles. The SMILES string of the molecule is CC(C)(C)c1cc(-c2cc(B3OC(C)(C)C(C)(C)O3)cc(-c3cc(B4OC(C)(C)C(C)(C)O4)cc(C(F)(F)F)c3)n2)c(O)c(C(C)(C)C)c1. The van der Waals surface area contributed by atoms with Crippen molar-refractivity contribution in [3.63, 3.8) is 0 Å². The van der Waals surface area contributed by atoms with E-state index in [4.69, 9.17) is 23.6 Å². The zero-order valence-electron chi connectivity index (χ0n) is 31.4. The zero-order chi connectivity index (χ0) is 36.9. The average molecular weight is 679 g/mol. The first-order valence-corrected chi connectivity index (χ1v) is 16.9. The number of hydrogen-bond donors (Lipinski definition) is 1. The number of phenols is 1. The van der Waals surface area contributed by atoms with E-state index in [1.54, 1.807) is 18.2 Å². The van der Waals surface area contributed by atoms with E-state index in [2.05, 4.69) is 20.8 Å². The lowest BCUT2D eigenvalue weighted by molar-refractivity contribution is -0.137. The highest BCUT2D eigenvalue weighted by atomic mass is 19.4. The molecule has 264 valence electrons. The highest BCUT2D eigenvalue weighted by Crippen LogP contribution is 2.43. The Morgan fingerprint density at radius 3 is 1.45 bits per heavy atom. The zero-order valence-corrected chi connectivity index (χ0v) is 31.4. The first-order chi connectivity index (χ1) is 22.0. The Labute approximate surface area is 290 Å². The van der Waals surface area contributed by atoms with Gasteiger partial charge in [-0.3, -0.25) is 0 Å². The standard InChI is InChI=1S/C38H50B2F3NO5/c1-32(2,3)23-18-27(31(45)28(19-23)33(4,5)6)30-21-26(40-48-36(11,12)37(13,14)49-40)20-29(44-30)22-15-24(38(41,42)43)17-25(16-22)39-46-34(7,8)35(9,10)47-39/h15-21,45H,1-14H3. The maximum atomic E-state index is 14.5. The lowest BCUT2D eigenvalue weighted by atomic mass is 9.75. The fourth-order valence-electron chi connectivity index (χ4n) is 5.87. The quantitative estimate of drug-likeness (QED) is 0.280. The minimum Gasteiger partial charge on any atom is -0.507 e. The molecule has 2 aliphatic rings. The third kappa shape index (κ3) is 7.06. The summed E-state index contributed by atoms with van der Waals surface area (Å²) in [5.41, 5.74) is -0.575. The highest BCUT2D eigenvalue weighted by Gasteiger charge is 2.53. The molecule has 1 aromatic heterocycles. The monoisotopic (exact) mass is 679 g/mol. The van der Waals surface area contributed by atoms with Gasteiger partial charge in [0.1, 0.15) is 5.75 Å². The Balaban J connectivity index is 1.79. The van der Waals surface area contributed by atoms with E-state index in [1.807, 2.05) is 88.3 Å². The normalized spacial score (nSPS) is 20.3. The molecule has 0 amide bonds. The van der Waals surface area contributed by atoms with Gasteiger partial charge >= 0.3 is 20.4 Å². The Hall–Kier alpha value is -2.85. The fourth-order valence-corrected chi connectivity index (χ4v) is 5.87. The van der Waals surface area contributed by atoms with Crippen molar-refractivity contribution in [1.82, 2.24) is 4.98 Å². The molecule has 5 rings (SSSR count). The molecule has 3 aromatic rings. The molecule has 0 unspecified atom stereocenters. The van der Waals surface area contributed by atoms with Crippen LogP contribution in [0.15, 0.2) is 42.5 Å². The summed E-state index contributed by atoms with van der Waals surface area (Å²) in [4.78, 5) is 4.95. The molecule has 2 saturated heterocycles. The number of benzene rings is 2. The minimum atomic E-state index is -4.65. The lowest BCUT2D eigenvalue weighted by Gasteiger charge is -2.32. The summed E-state index contributed by atoms with van der Waals surface area (Å²) in [6.45, 7) is 27.5. The number of halogens is 3. The van der Waals surface area contributed by atoms with Gasteiger partial charge in [0.25, 0.3) is 0 Å². The van der Waals surface area contributed by atoms with Crippen molar-refractivity contribution in [3.05, 3.63) is 59.2 Å². The molecule has 2 aromatic carbocycles. The van der Waals surface area contributed by atoms with Gasteiger partial charge in [0.05, 0.1) is 39.4 Å². The molecule has 0 radical (unpaired) electrons. The Morgan fingerprint density at radius 2 is 1.02 bits per heavy atom. The smallest absolute Gasteiger partial charge is 0.494 e. The van der Waals surface area contributed by atoms with Gasteiger partial charge in [0, 0.05) is 16.7 Å². The predicted molar refractivity (Wildman–Crippen MR) is 191 cm³/mol. The van der Waals surface area contributed by atoms with Crippen LogP contribution in [0, 0.1) is 0 Å². The summed E-state index contributed by atoms with van der Waals surface area (Å²) < 4.78 is 68.6. The second-order valence-electron chi connectivity index (χ2n) is 17.6. The van der Waals surface area contributed by atoms with E-state index in [9.17, 15) is 18.3 Å². The van der Waals surface area contributed by atoms with Crippen LogP contribution in [-0.4, -0.2) is 46.7 Å². The van der Waals surface area contributed by atoms with Gasteiger partial charge in [-0.05, 0) is 107 Å². The molecular weight excluding hydrogens is 629 g/mol. The molecule has 0 saturated carbocycles. The second kappa shape index (κ2) is 11.6. The third-order valence-corrected chi connectivity index (χ3v) is 10.5. The Kier molecular flexibility index (Phi) is 8.85. The molecule has 1 N–H and O–H groups in total. The molecule has 6 nitrogen and oxygen atoms in total. The summed E-state index contributed by atoms with van der Waals surface area (Å²) in [5.74, 6) is 0.0620. The highest BCUT2D eigenvalue weighted by molar-refractivity contribution is 6.63. The van der Waals surface area contributed by atoms with Crippen LogP contribution in [0.4, 0.5) is 13.2 Å². The van der Waals surface area contributed by atoms with Gasteiger partial charge in [0.15, 0.2) is 0 Å². The van der Waals surface area contributed by atoms with Gasteiger partial charge < -0.3 is 23.7 Å². The summed E-state index contributed by atoms with van der Waals surface area (Å²) >= 11 is 0. The number of phenolic OH excluding ortho intramolecular Hbond substituents is 1. The number of alkyl halides is 3. The van der Waals surface area contributed by atoms with Crippen LogP contribution in [0.2, 0.25) is 0 Å². The van der Waals surface area contributed by atoms with Crippen LogP contribution in [0.3, 0.4) is 0 Å². The second-order valence-corrected chi connectivity index (χ2v) is 17.6. The van der Waals surface area contributed by atoms with Gasteiger partial charge in [0.2, 0.25) is 0 Å². The first-order valence-electron chi connectivity index (χ1n) is 16.9. The molecule has 3 heterocycles. The van der Waals surface area contributed by atoms with E-state index in [-0.39, 0.29) is 27.9 Å². The van der Waals surface area contributed by atoms with E-state index in [0.717, 1.165) is 23.3 Å². The summed E-state index contributed by atoms with van der Waals surface area (Å²) in [6, 6.07) is 11.2. The number of aromatic nitrogens is 1. The molecule has 11 heteroatoms. The van der Waals surface area contributed by atoms with E-state index in [0.29, 0.717) is 16.7 Å². The van der Waals surface area contributed by atoms with E-state index >= 15 is 0 Å². The van der Waals surface area contributed by atoms with Crippen LogP contribution in [0.5, 0.6) is 5.75 Å². The van der Waals surface area contributed by atoms with Crippen LogP contribution in [0.1, 0.15) is 114 Å². The van der Waals surface area contributed by atoms with Crippen molar-refractivity contribution in [2.45, 2.75) is 136 Å². The maximum Gasteiger partial charge on any atom is 0.494 e. The van der Waals surface area contributed by atoms with Crippen molar-refractivity contribution in [2.24, 2.45) is 0 Å². The molecule has 0 atom stereocenters. The van der Waals surface area contributed by atoms with Gasteiger partial charge in [-0.1, -0.05) is 59.7 Å². The number of aromatic hydroxyl groups is 1. The largest absolute Gasteiger partial charge is 0.507 e. The third-order valence-electron chi connectivity index (χ3n) is 10.5. The fraction of sp³-hybridized carbons (Fsp3) is 0.553. The molecule has 0 bridgehead atoms.